The van der Waals surface area contributed by atoms with Crippen LogP contribution in [0, 0.1) is 19.8 Å². The smallest absolute Gasteiger partial charge is 0.306 e. The maximum absolute atomic E-state index is 11.9. The molecule has 1 aromatic rings. The van der Waals surface area contributed by atoms with Crippen LogP contribution in [0.4, 0.5) is 0 Å². The first-order chi connectivity index (χ1) is 10.5. The first kappa shape index (κ1) is 16.3. The summed E-state index contributed by atoms with van der Waals surface area (Å²) < 4.78 is 5.57. The van der Waals surface area contributed by atoms with Crippen molar-refractivity contribution in [1.82, 2.24) is 5.32 Å². The van der Waals surface area contributed by atoms with Gasteiger partial charge in [-0.05, 0) is 56.7 Å². The van der Waals surface area contributed by atoms with Crippen LogP contribution in [0.5, 0.6) is 5.75 Å². The van der Waals surface area contributed by atoms with Crippen LogP contribution < -0.4 is 10.1 Å². The highest BCUT2D eigenvalue weighted by Crippen LogP contribution is 2.24. The molecular weight excluding hydrogens is 282 g/mol. The average molecular weight is 305 g/mol. The van der Waals surface area contributed by atoms with E-state index in [0.29, 0.717) is 25.7 Å². The van der Waals surface area contributed by atoms with Gasteiger partial charge in [0, 0.05) is 6.04 Å². The second-order valence-electron chi connectivity index (χ2n) is 6.01. The first-order valence-corrected chi connectivity index (χ1v) is 7.68. The number of hydrogen-bond donors (Lipinski definition) is 2. The number of aliphatic carboxylic acids is 1. The molecule has 0 atom stereocenters. The molecule has 1 saturated carbocycles. The Labute approximate surface area is 130 Å². The second kappa shape index (κ2) is 7.29. The van der Waals surface area contributed by atoms with E-state index in [1.807, 2.05) is 32.0 Å². The highest BCUT2D eigenvalue weighted by Gasteiger charge is 2.26. The van der Waals surface area contributed by atoms with Gasteiger partial charge in [-0.3, -0.25) is 9.59 Å². The maximum Gasteiger partial charge on any atom is 0.306 e. The molecule has 2 rings (SSSR count). The number of carbonyl (C=O) groups excluding carboxylic acids is 1. The zero-order chi connectivity index (χ0) is 16.1. The van der Waals surface area contributed by atoms with Crippen molar-refractivity contribution in [2.45, 2.75) is 45.6 Å². The van der Waals surface area contributed by atoms with Gasteiger partial charge >= 0.3 is 5.97 Å². The summed E-state index contributed by atoms with van der Waals surface area (Å²) in [5.41, 5.74) is 2.09. The van der Waals surface area contributed by atoms with Crippen molar-refractivity contribution >= 4 is 11.9 Å². The predicted molar refractivity (Wildman–Crippen MR) is 82.9 cm³/mol. The van der Waals surface area contributed by atoms with Gasteiger partial charge in [0.25, 0.3) is 5.91 Å². The van der Waals surface area contributed by atoms with E-state index >= 15 is 0 Å². The van der Waals surface area contributed by atoms with Gasteiger partial charge in [0.15, 0.2) is 6.61 Å². The molecule has 0 saturated heterocycles. The van der Waals surface area contributed by atoms with Crippen LogP contribution in [0.15, 0.2) is 18.2 Å². The van der Waals surface area contributed by atoms with Gasteiger partial charge in [0.1, 0.15) is 5.75 Å². The summed E-state index contributed by atoms with van der Waals surface area (Å²) in [6.45, 7) is 3.91. The zero-order valence-electron chi connectivity index (χ0n) is 13.1. The average Bonchev–Trinajstić information content (AvgIpc) is 2.49. The molecule has 22 heavy (non-hydrogen) atoms. The van der Waals surface area contributed by atoms with E-state index in [-0.39, 0.29) is 24.5 Å². The Bertz CT molecular complexity index is 548. The van der Waals surface area contributed by atoms with E-state index < -0.39 is 5.97 Å². The minimum Gasteiger partial charge on any atom is -0.483 e. The Balaban J connectivity index is 1.77. The molecule has 1 aliphatic carbocycles. The molecule has 0 aromatic heterocycles. The lowest BCUT2D eigenvalue weighted by Gasteiger charge is -2.26. The summed E-state index contributed by atoms with van der Waals surface area (Å²) in [5, 5.41) is 11.9. The number of carbonyl (C=O) groups is 2. The van der Waals surface area contributed by atoms with Crippen LogP contribution in [-0.2, 0) is 9.59 Å². The monoisotopic (exact) mass is 305 g/mol. The Kier molecular flexibility index (Phi) is 5.41. The first-order valence-electron chi connectivity index (χ1n) is 7.68. The summed E-state index contributed by atoms with van der Waals surface area (Å²) in [5.74, 6) is -0.424. The van der Waals surface area contributed by atoms with Crippen molar-refractivity contribution in [1.29, 1.82) is 0 Å². The molecule has 5 heteroatoms. The molecular formula is C17H23NO4. The molecule has 1 amide bonds. The molecule has 0 spiro atoms. The number of ether oxygens (including phenoxy) is 1. The third-order valence-electron chi connectivity index (χ3n) is 4.14. The van der Waals surface area contributed by atoms with E-state index in [0.717, 1.165) is 16.9 Å². The largest absolute Gasteiger partial charge is 0.483 e. The summed E-state index contributed by atoms with van der Waals surface area (Å²) >= 11 is 0. The van der Waals surface area contributed by atoms with E-state index in [1.165, 1.54) is 0 Å². The lowest BCUT2D eigenvalue weighted by atomic mass is 9.86. The highest BCUT2D eigenvalue weighted by atomic mass is 16.5. The number of benzene rings is 1. The van der Waals surface area contributed by atoms with Crippen molar-refractivity contribution in [3.63, 3.8) is 0 Å². The number of aryl methyl sites for hydroxylation is 2. The molecule has 2 N–H and O–H groups in total. The molecule has 1 aliphatic rings. The third kappa shape index (κ3) is 4.48. The molecule has 5 nitrogen and oxygen atoms in total. The van der Waals surface area contributed by atoms with Gasteiger partial charge in [0.05, 0.1) is 5.92 Å². The zero-order valence-corrected chi connectivity index (χ0v) is 13.1. The fourth-order valence-corrected chi connectivity index (χ4v) is 2.76. The standard InChI is InChI=1S/C17H23NO4/c1-11-3-4-12(2)15(9-11)22-10-16(19)18-14-7-5-13(6-8-14)17(20)21/h3-4,9,13-14H,5-8,10H2,1-2H3,(H,18,19)(H,20,21). The van der Waals surface area contributed by atoms with Crippen molar-refractivity contribution in [2.75, 3.05) is 6.61 Å². The van der Waals surface area contributed by atoms with Crippen LogP contribution in [0.25, 0.3) is 0 Å². The lowest BCUT2D eigenvalue weighted by molar-refractivity contribution is -0.142. The fraction of sp³-hybridized carbons (Fsp3) is 0.529. The van der Waals surface area contributed by atoms with Gasteiger partial charge in [-0.25, -0.2) is 0 Å². The summed E-state index contributed by atoms with van der Waals surface area (Å²) in [7, 11) is 0. The second-order valence-corrected chi connectivity index (χ2v) is 6.01. The molecule has 0 bridgehead atoms. The number of rotatable bonds is 5. The van der Waals surface area contributed by atoms with Gasteiger partial charge in [0.2, 0.25) is 0 Å². The van der Waals surface area contributed by atoms with E-state index in [2.05, 4.69) is 5.32 Å². The van der Waals surface area contributed by atoms with Gasteiger partial charge in [-0.1, -0.05) is 12.1 Å². The molecule has 0 radical (unpaired) electrons. The summed E-state index contributed by atoms with van der Waals surface area (Å²) in [6, 6.07) is 5.95. The number of amides is 1. The molecule has 0 heterocycles. The molecule has 0 unspecified atom stereocenters. The van der Waals surface area contributed by atoms with Crippen molar-refractivity contribution in [3.8, 4) is 5.75 Å². The van der Waals surface area contributed by atoms with Crippen LogP contribution in [0.1, 0.15) is 36.8 Å². The number of carboxylic acids is 1. The number of hydrogen-bond acceptors (Lipinski definition) is 3. The van der Waals surface area contributed by atoms with Crippen molar-refractivity contribution in [3.05, 3.63) is 29.3 Å². The molecule has 1 fully saturated rings. The minimum absolute atomic E-state index is 0.0108. The van der Waals surface area contributed by atoms with Gasteiger partial charge in [-0.15, -0.1) is 0 Å². The van der Waals surface area contributed by atoms with E-state index in [1.54, 1.807) is 0 Å². The maximum atomic E-state index is 11.9. The molecule has 1 aromatic carbocycles. The van der Waals surface area contributed by atoms with Crippen LogP contribution in [0.2, 0.25) is 0 Å². The number of carboxylic acid groups (broad SMARTS) is 1. The Morgan fingerprint density at radius 3 is 2.55 bits per heavy atom. The quantitative estimate of drug-likeness (QED) is 0.876. The molecule has 0 aliphatic heterocycles. The van der Waals surface area contributed by atoms with Crippen LogP contribution in [-0.4, -0.2) is 29.6 Å². The fourth-order valence-electron chi connectivity index (χ4n) is 2.76. The van der Waals surface area contributed by atoms with E-state index in [4.69, 9.17) is 9.84 Å². The predicted octanol–water partition coefficient (Wildman–Crippen LogP) is 2.44. The van der Waals surface area contributed by atoms with Crippen LogP contribution >= 0.6 is 0 Å². The minimum atomic E-state index is -0.733. The Morgan fingerprint density at radius 2 is 1.91 bits per heavy atom. The highest BCUT2D eigenvalue weighted by molar-refractivity contribution is 5.78. The van der Waals surface area contributed by atoms with Gasteiger partial charge < -0.3 is 15.2 Å². The summed E-state index contributed by atoms with van der Waals surface area (Å²) in [4.78, 5) is 22.8. The number of nitrogens with one attached hydrogen (secondary N) is 1. The topological polar surface area (TPSA) is 75.6 Å². The Morgan fingerprint density at radius 1 is 1.23 bits per heavy atom. The summed E-state index contributed by atoms with van der Waals surface area (Å²) in [6.07, 6.45) is 2.68. The lowest BCUT2D eigenvalue weighted by Crippen LogP contribution is -2.40. The van der Waals surface area contributed by atoms with Gasteiger partial charge in [-0.2, -0.15) is 0 Å². The Hall–Kier alpha value is -2.04. The third-order valence-corrected chi connectivity index (χ3v) is 4.14. The van der Waals surface area contributed by atoms with Crippen molar-refractivity contribution in [2.24, 2.45) is 5.92 Å². The van der Waals surface area contributed by atoms with Crippen molar-refractivity contribution < 1.29 is 19.4 Å². The normalized spacial score (nSPS) is 21.2. The van der Waals surface area contributed by atoms with E-state index in [9.17, 15) is 9.59 Å². The SMILES string of the molecule is Cc1ccc(C)c(OCC(=O)NC2CCC(C(=O)O)CC2)c1. The molecule has 120 valence electrons. The van der Waals surface area contributed by atoms with Crippen LogP contribution in [0.3, 0.4) is 0 Å².